The lowest BCUT2D eigenvalue weighted by molar-refractivity contribution is -0.386. The number of nitrogens with zero attached hydrogens (tertiary/aromatic N) is 5. The topological polar surface area (TPSA) is 172 Å². The average Bonchev–Trinajstić information content (AvgIpc) is 3.76. The maximum Gasteiger partial charge on any atom is 0.277 e. The van der Waals surface area contributed by atoms with E-state index in [2.05, 4.69) is 62.3 Å². The number of halogens is 1. The van der Waals surface area contributed by atoms with E-state index in [1.807, 2.05) is 18.2 Å². The second-order valence-electron chi connectivity index (χ2n) is 18.5. The summed E-state index contributed by atoms with van der Waals surface area (Å²) < 4.78 is 48.0. The second-order valence-corrected chi connectivity index (χ2v) is 20.6. The molecule has 3 aromatic carbocycles. The maximum absolute atomic E-state index is 14.1. The van der Waals surface area contributed by atoms with Gasteiger partial charge in [-0.25, -0.2) is 18.1 Å². The van der Waals surface area contributed by atoms with Crippen LogP contribution >= 0.6 is 11.6 Å². The molecule has 0 saturated carbocycles. The Morgan fingerprint density at radius 2 is 1.85 bits per heavy atom. The highest BCUT2D eigenvalue weighted by molar-refractivity contribution is 7.90. The standard InChI is InChI=1S/C48H54ClN7O8S/c1-31-29-62-19-18-55(31)27-32-20-41-43(56(58)59)23-39(24-44(41)63-30-32)65(60,61)52-47(57)40-9-8-37(22-45(40)64-38-21-34-11-13-50-46(34)51-26-38)54-16-14-53(15-17-54)28-35-10-12-48(2,3)25-42(35)33-4-6-36(49)7-5-33/h4-9,11,13,21-24,26,31-32H,10,12,14-20,25,27-30H2,1-3H3,(H,50,51)(H,52,57)/t31-,32+/m1/s1. The van der Waals surface area contributed by atoms with Crippen molar-refractivity contribution in [3.05, 3.63) is 117 Å². The van der Waals surface area contributed by atoms with Gasteiger partial charge in [0.2, 0.25) is 0 Å². The number of carbonyl (C=O) groups is 1. The first kappa shape index (κ1) is 44.7. The first-order valence-corrected chi connectivity index (χ1v) is 24.1. The predicted molar refractivity (Wildman–Crippen MR) is 250 cm³/mol. The molecule has 0 spiro atoms. The van der Waals surface area contributed by atoms with Crippen LogP contribution in [0, 0.1) is 21.4 Å². The number of benzene rings is 3. The molecule has 0 radical (unpaired) electrons. The monoisotopic (exact) mass is 923 g/mol. The number of nitrogens with one attached hydrogen (secondary N) is 2. The van der Waals surface area contributed by atoms with Gasteiger partial charge in [0.1, 0.15) is 22.9 Å². The number of nitro benzene ring substituents is 1. The number of H-pyrrole nitrogens is 1. The molecule has 0 unspecified atom stereocenters. The normalized spacial score (nSPS) is 20.6. The van der Waals surface area contributed by atoms with Crippen LogP contribution in [0.2, 0.25) is 5.02 Å². The van der Waals surface area contributed by atoms with Crippen LogP contribution in [0.15, 0.2) is 89.6 Å². The van der Waals surface area contributed by atoms with Gasteiger partial charge >= 0.3 is 0 Å². The fourth-order valence-electron chi connectivity index (χ4n) is 9.51. The number of morpholine rings is 1. The lowest BCUT2D eigenvalue weighted by Crippen LogP contribution is -2.47. The van der Waals surface area contributed by atoms with Crippen molar-refractivity contribution in [2.24, 2.45) is 11.3 Å². The molecule has 2 saturated heterocycles. The molecule has 5 aromatic rings. The fraction of sp³-hybridized carbons (Fsp3) is 0.417. The minimum atomic E-state index is -4.63. The minimum absolute atomic E-state index is 0.0386. The molecule has 342 valence electrons. The Balaban J connectivity index is 0.937. The quantitative estimate of drug-likeness (QED) is 0.0912. The smallest absolute Gasteiger partial charge is 0.277 e. The predicted octanol–water partition coefficient (Wildman–Crippen LogP) is 8.09. The van der Waals surface area contributed by atoms with E-state index in [0.29, 0.717) is 43.1 Å². The third-order valence-corrected chi connectivity index (χ3v) is 14.8. The summed E-state index contributed by atoms with van der Waals surface area (Å²) in [6.45, 7) is 13.6. The van der Waals surface area contributed by atoms with Crippen LogP contribution in [-0.2, 0) is 21.2 Å². The zero-order chi connectivity index (χ0) is 45.5. The Labute approximate surface area is 383 Å². The molecule has 17 heteroatoms. The number of amides is 1. The van der Waals surface area contributed by atoms with E-state index >= 15 is 0 Å². The number of nitro groups is 1. The van der Waals surface area contributed by atoms with E-state index < -0.39 is 25.7 Å². The number of piperazine rings is 1. The van der Waals surface area contributed by atoms with Crippen LogP contribution in [0.5, 0.6) is 17.2 Å². The van der Waals surface area contributed by atoms with Crippen molar-refractivity contribution >= 4 is 55.5 Å². The van der Waals surface area contributed by atoms with Gasteiger partial charge in [-0.3, -0.25) is 24.7 Å². The Hall–Kier alpha value is -5.52. The van der Waals surface area contributed by atoms with Gasteiger partial charge < -0.3 is 24.1 Å². The number of ether oxygens (including phenoxy) is 3. The molecule has 1 aliphatic carbocycles. The van der Waals surface area contributed by atoms with Crippen LogP contribution in [0.1, 0.15) is 61.5 Å². The highest BCUT2D eigenvalue weighted by Crippen LogP contribution is 2.44. The Morgan fingerprint density at radius 3 is 2.62 bits per heavy atom. The van der Waals surface area contributed by atoms with Crippen molar-refractivity contribution < 1.29 is 32.3 Å². The molecule has 2 aromatic heterocycles. The third kappa shape index (κ3) is 10.0. The Bertz CT molecular complexity index is 2750. The molecule has 0 bridgehead atoms. The molecule has 1 amide bonds. The lowest BCUT2D eigenvalue weighted by Gasteiger charge is -2.39. The number of allylic oxidation sites excluding steroid dienone is 1. The number of carbonyl (C=O) groups excluding carboxylic acids is 1. The van der Waals surface area contributed by atoms with E-state index in [9.17, 15) is 23.3 Å². The summed E-state index contributed by atoms with van der Waals surface area (Å²) in [7, 11) is -4.63. The average molecular weight is 925 g/mol. The third-order valence-electron chi connectivity index (χ3n) is 13.2. The zero-order valence-electron chi connectivity index (χ0n) is 36.8. The first-order valence-electron chi connectivity index (χ1n) is 22.2. The van der Waals surface area contributed by atoms with E-state index in [1.165, 1.54) is 29.0 Å². The van der Waals surface area contributed by atoms with Crippen molar-refractivity contribution in [2.45, 2.75) is 57.4 Å². The molecule has 3 aliphatic heterocycles. The molecular formula is C48H54ClN7O8S. The summed E-state index contributed by atoms with van der Waals surface area (Å²) in [6, 6.07) is 19.3. The number of pyridine rings is 1. The largest absolute Gasteiger partial charge is 0.493 e. The van der Waals surface area contributed by atoms with Gasteiger partial charge in [0.05, 0.1) is 47.0 Å². The van der Waals surface area contributed by atoms with Crippen LogP contribution in [0.3, 0.4) is 0 Å². The Kier molecular flexibility index (Phi) is 12.6. The number of fused-ring (bicyclic) bond motifs is 2. The van der Waals surface area contributed by atoms with Gasteiger partial charge in [0.25, 0.3) is 21.6 Å². The molecule has 65 heavy (non-hydrogen) atoms. The molecular weight excluding hydrogens is 870 g/mol. The molecule has 2 fully saturated rings. The Morgan fingerprint density at radius 1 is 1.05 bits per heavy atom. The lowest BCUT2D eigenvalue weighted by atomic mass is 9.72. The summed E-state index contributed by atoms with van der Waals surface area (Å²) >= 11 is 6.25. The van der Waals surface area contributed by atoms with E-state index in [1.54, 1.807) is 30.5 Å². The molecule has 15 nitrogen and oxygen atoms in total. The molecule has 4 aliphatic rings. The highest BCUT2D eigenvalue weighted by Gasteiger charge is 2.35. The maximum atomic E-state index is 14.1. The van der Waals surface area contributed by atoms with Crippen LogP contribution < -0.4 is 19.1 Å². The van der Waals surface area contributed by atoms with Crippen molar-refractivity contribution in [1.82, 2.24) is 24.5 Å². The summed E-state index contributed by atoms with van der Waals surface area (Å²) in [4.78, 5) is 39.9. The van der Waals surface area contributed by atoms with Crippen molar-refractivity contribution in [2.75, 3.05) is 70.5 Å². The summed E-state index contributed by atoms with van der Waals surface area (Å²) in [5.74, 6) is -0.421. The summed E-state index contributed by atoms with van der Waals surface area (Å²) in [5.41, 5.74) is 5.69. The first-order chi connectivity index (χ1) is 31.2. The molecule has 9 rings (SSSR count). The van der Waals surface area contributed by atoms with Gasteiger partial charge in [0, 0.05) is 98.3 Å². The van der Waals surface area contributed by atoms with E-state index in [4.69, 9.17) is 25.8 Å². The highest BCUT2D eigenvalue weighted by atomic mass is 35.5. The van der Waals surface area contributed by atoms with Crippen LogP contribution in [0.4, 0.5) is 11.4 Å². The molecule has 2 N–H and O–H groups in total. The number of aromatic nitrogens is 2. The van der Waals surface area contributed by atoms with Gasteiger partial charge in [-0.1, -0.05) is 43.2 Å². The van der Waals surface area contributed by atoms with Gasteiger partial charge in [-0.15, -0.1) is 0 Å². The number of hydrogen-bond acceptors (Lipinski definition) is 12. The fourth-order valence-corrected chi connectivity index (χ4v) is 10.6. The van der Waals surface area contributed by atoms with Crippen molar-refractivity contribution in [3.8, 4) is 17.2 Å². The van der Waals surface area contributed by atoms with Gasteiger partial charge in [-0.05, 0) is 85.6 Å². The minimum Gasteiger partial charge on any atom is -0.493 e. The zero-order valence-corrected chi connectivity index (χ0v) is 38.4. The summed E-state index contributed by atoms with van der Waals surface area (Å²) in [6.07, 6.45) is 6.82. The van der Waals surface area contributed by atoms with Crippen molar-refractivity contribution in [1.29, 1.82) is 0 Å². The van der Waals surface area contributed by atoms with Crippen LogP contribution in [0.25, 0.3) is 16.6 Å². The SMILES string of the molecule is C[C@@H]1COCCN1C[C@H]1COc2cc(S(=O)(=O)NC(=O)c3ccc(N4CCN(CC5=C(c6ccc(Cl)cc6)CC(C)(C)CC5)CC4)cc3Oc3cnc4[nH]ccc4c3)cc([N+](=O)[O-])c2C1. The number of hydrogen-bond donors (Lipinski definition) is 2. The number of sulfonamides is 1. The number of aromatic amines is 1. The van der Waals surface area contributed by atoms with Crippen molar-refractivity contribution in [3.63, 3.8) is 0 Å². The number of anilines is 1. The number of rotatable bonds is 12. The van der Waals surface area contributed by atoms with Crippen LogP contribution in [-0.4, -0.2) is 111 Å². The molecule has 2 atom stereocenters. The van der Waals surface area contributed by atoms with E-state index in [-0.39, 0.29) is 46.7 Å². The van der Waals surface area contributed by atoms with E-state index in [0.717, 1.165) is 80.7 Å². The molecule has 5 heterocycles. The summed E-state index contributed by atoms with van der Waals surface area (Å²) in [5, 5.41) is 13.9. The van der Waals surface area contributed by atoms with Gasteiger partial charge in [-0.2, -0.15) is 0 Å². The second kappa shape index (κ2) is 18.4. The van der Waals surface area contributed by atoms with Gasteiger partial charge in [0.15, 0.2) is 0 Å².